The van der Waals surface area contributed by atoms with Crippen LogP contribution in [0.1, 0.15) is 45.2 Å². The zero-order valence-corrected chi connectivity index (χ0v) is 12.4. The third-order valence-corrected chi connectivity index (χ3v) is 3.29. The second kappa shape index (κ2) is 6.00. The molecule has 0 spiro atoms. The highest BCUT2D eigenvalue weighted by molar-refractivity contribution is 5.30. The fourth-order valence-electron chi connectivity index (χ4n) is 2.30. The van der Waals surface area contributed by atoms with Crippen molar-refractivity contribution in [3.05, 3.63) is 47.0 Å². The summed E-state index contributed by atoms with van der Waals surface area (Å²) in [7, 11) is 0. The Kier molecular flexibility index (Phi) is 5.03. The maximum Gasteiger partial charge on any atom is 0.416 e. The van der Waals surface area contributed by atoms with Crippen molar-refractivity contribution < 1.29 is 13.2 Å². The van der Waals surface area contributed by atoms with Gasteiger partial charge in [0.1, 0.15) is 0 Å². The Hall–Kier alpha value is -1.29. The molecule has 0 aliphatic rings. The molecule has 1 unspecified atom stereocenters. The van der Waals surface area contributed by atoms with Crippen LogP contribution in [0.2, 0.25) is 0 Å². The van der Waals surface area contributed by atoms with Crippen LogP contribution in [-0.4, -0.2) is 6.04 Å². The van der Waals surface area contributed by atoms with E-state index in [9.17, 15) is 13.2 Å². The van der Waals surface area contributed by atoms with Crippen LogP contribution in [0.25, 0.3) is 0 Å². The molecule has 0 fully saturated rings. The van der Waals surface area contributed by atoms with E-state index in [-0.39, 0.29) is 11.5 Å². The summed E-state index contributed by atoms with van der Waals surface area (Å²) in [6.07, 6.45) is -1.63. The molecule has 0 saturated heterocycles. The molecule has 0 bridgehead atoms. The first kappa shape index (κ1) is 16.8. The highest BCUT2D eigenvalue weighted by Gasteiger charge is 2.31. The minimum absolute atomic E-state index is 0.0997. The number of benzene rings is 1. The summed E-state index contributed by atoms with van der Waals surface area (Å²) in [5.41, 5.74) is 7.16. The molecule has 112 valence electrons. The number of alkyl halides is 3. The minimum Gasteiger partial charge on any atom is -0.324 e. The molecule has 1 nitrogen and oxygen atoms in total. The zero-order chi connectivity index (χ0) is 15.6. The van der Waals surface area contributed by atoms with E-state index in [1.807, 2.05) is 33.8 Å². The standard InChI is InChI=1S/C16H22F3N/c1-11(2)9-14(20)10-15(3,4)12-5-7-13(8-6-12)16(17,18)19/h5-9,14H,10,20H2,1-4H3. The number of allylic oxidation sites excluding steroid dienone is 1. The molecule has 4 heteroatoms. The summed E-state index contributed by atoms with van der Waals surface area (Å²) in [6, 6.07) is 5.24. The van der Waals surface area contributed by atoms with Crippen LogP contribution in [0.4, 0.5) is 13.2 Å². The van der Waals surface area contributed by atoms with E-state index < -0.39 is 11.7 Å². The molecule has 0 aliphatic heterocycles. The van der Waals surface area contributed by atoms with Crippen molar-refractivity contribution in [2.24, 2.45) is 5.73 Å². The van der Waals surface area contributed by atoms with Gasteiger partial charge in [0, 0.05) is 6.04 Å². The second-order valence-electron chi connectivity index (χ2n) is 6.07. The molecule has 0 aliphatic carbocycles. The van der Waals surface area contributed by atoms with Crippen molar-refractivity contribution in [3.63, 3.8) is 0 Å². The highest BCUT2D eigenvalue weighted by atomic mass is 19.4. The van der Waals surface area contributed by atoms with Crippen LogP contribution in [-0.2, 0) is 11.6 Å². The van der Waals surface area contributed by atoms with Gasteiger partial charge in [0.15, 0.2) is 0 Å². The Labute approximate surface area is 118 Å². The molecule has 1 atom stereocenters. The second-order valence-corrected chi connectivity index (χ2v) is 6.07. The Morgan fingerprint density at radius 2 is 1.55 bits per heavy atom. The quantitative estimate of drug-likeness (QED) is 0.799. The molecule has 0 saturated carbocycles. The van der Waals surface area contributed by atoms with Gasteiger partial charge < -0.3 is 5.73 Å². The Morgan fingerprint density at radius 3 is 1.95 bits per heavy atom. The van der Waals surface area contributed by atoms with E-state index in [0.717, 1.165) is 23.3 Å². The van der Waals surface area contributed by atoms with E-state index in [1.165, 1.54) is 12.1 Å². The maximum atomic E-state index is 12.5. The van der Waals surface area contributed by atoms with E-state index in [1.54, 1.807) is 0 Å². The normalized spacial score (nSPS) is 14.0. The van der Waals surface area contributed by atoms with Crippen molar-refractivity contribution in [1.29, 1.82) is 0 Å². The lowest BCUT2D eigenvalue weighted by Crippen LogP contribution is -2.29. The van der Waals surface area contributed by atoms with E-state index in [2.05, 4.69) is 0 Å². The predicted molar refractivity (Wildman–Crippen MR) is 76.5 cm³/mol. The maximum absolute atomic E-state index is 12.5. The summed E-state index contributed by atoms with van der Waals surface area (Å²) in [5.74, 6) is 0. The van der Waals surface area contributed by atoms with Crippen LogP contribution < -0.4 is 5.73 Å². The lowest BCUT2D eigenvalue weighted by atomic mass is 9.79. The zero-order valence-electron chi connectivity index (χ0n) is 12.4. The SMILES string of the molecule is CC(C)=CC(N)CC(C)(C)c1ccc(C(F)(F)F)cc1. The fourth-order valence-corrected chi connectivity index (χ4v) is 2.30. The highest BCUT2D eigenvalue weighted by Crippen LogP contribution is 2.33. The van der Waals surface area contributed by atoms with Gasteiger partial charge >= 0.3 is 6.18 Å². The first-order valence-electron chi connectivity index (χ1n) is 6.61. The van der Waals surface area contributed by atoms with Gasteiger partial charge in [-0.1, -0.05) is 37.6 Å². The number of rotatable bonds is 4. The number of hydrogen-bond donors (Lipinski definition) is 1. The monoisotopic (exact) mass is 285 g/mol. The average molecular weight is 285 g/mol. The van der Waals surface area contributed by atoms with Crippen LogP contribution in [0.3, 0.4) is 0 Å². The van der Waals surface area contributed by atoms with Gasteiger partial charge in [-0.3, -0.25) is 0 Å². The Balaban J connectivity index is 2.90. The summed E-state index contributed by atoms with van der Waals surface area (Å²) < 4.78 is 37.6. The third-order valence-electron chi connectivity index (χ3n) is 3.29. The third kappa shape index (κ3) is 4.67. The predicted octanol–water partition coefficient (Wildman–Crippen LogP) is 4.67. The van der Waals surface area contributed by atoms with Crippen molar-refractivity contribution >= 4 is 0 Å². The summed E-state index contributed by atoms with van der Waals surface area (Å²) >= 11 is 0. The molecule has 0 radical (unpaired) electrons. The van der Waals surface area contributed by atoms with E-state index >= 15 is 0 Å². The molecule has 1 rings (SSSR count). The molecule has 1 aromatic carbocycles. The molecular formula is C16H22F3N. The molecular weight excluding hydrogens is 263 g/mol. The topological polar surface area (TPSA) is 26.0 Å². The summed E-state index contributed by atoms with van der Waals surface area (Å²) in [6.45, 7) is 7.94. The molecule has 0 amide bonds. The van der Waals surface area contributed by atoms with Gasteiger partial charge in [0.05, 0.1) is 5.56 Å². The molecule has 1 aromatic rings. The summed E-state index contributed by atoms with van der Waals surface area (Å²) in [4.78, 5) is 0. The van der Waals surface area contributed by atoms with E-state index in [4.69, 9.17) is 5.73 Å². The Morgan fingerprint density at radius 1 is 1.10 bits per heavy atom. The van der Waals surface area contributed by atoms with Gasteiger partial charge in [-0.05, 0) is 43.4 Å². The van der Waals surface area contributed by atoms with Crippen molar-refractivity contribution in [3.8, 4) is 0 Å². The largest absolute Gasteiger partial charge is 0.416 e. The Bertz CT molecular complexity index is 465. The van der Waals surface area contributed by atoms with Gasteiger partial charge in [-0.15, -0.1) is 0 Å². The van der Waals surface area contributed by atoms with Gasteiger partial charge in [-0.2, -0.15) is 13.2 Å². The van der Waals surface area contributed by atoms with Gasteiger partial charge in [0.2, 0.25) is 0 Å². The van der Waals surface area contributed by atoms with E-state index in [0.29, 0.717) is 6.42 Å². The van der Waals surface area contributed by atoms with Crippen LogP contribution in [0.15, 0.2) is 35.9 Å². The van der Waals surface area contributed by atoms with Crippen molar-refractivity contribution in [1.82, 2.24) is 0 Å². The van der Waals surface area contributed by atoms with Crippen molar-refractivity contribution in [2.75, 3.05) is 0 Å². The van der Waals surface area contributed by atoms with Crippen LogP contribution in [0, 0.1) is 0 Å². The van der Waals surface area contributed by atoms with Crippen molar-refractivity contribution in [2.45, 2.75) is 51.7 Å². The molecule has 20 heavy (non-hydrogen) atoms. The average Bonchev–Trinajstić information content (AvgIpc) is 2.26. The number of hydrogen-bond acceptors (Lipinski definition) is 1. The van der Waals surface area contributed by atoms with Crippen LogP contribution in [0.5, 0.6) is 0 Å². The first-order valence-corrected chi connectivity index (χ1v) is 6.61. The molecule has 0 heterocycles. The lowest BCUT2D eigenvalue weighted by Gasteiger charge is -2.28. The number of nitrogens with two attached hydrogens (primary N) is 1. The smallest absolute Gasteiger partial charge is 0.324 e. The first-order chi connectivity index (χ1) is 9.02. The number of halogens is 3. The molecule has 2 N–H and O–H groups in total. The summed E-state index contributed by atoms with van der Waals surface area (Å²) in [5, 5.41) is 0. The van der Waals surface area contributed by atoms with Gasteiger partial charge in [0.25, 0.3) is 0 Å². The van der Waals surface area contributed by atoms with Crippen LogP contribution >= 0.6 is 0 Å². The fraction of sp³-hybridized carbons (Fsp3) is 0.500. The molecule has 0 aromatic heterocycles. The minimum atomic E-state index is -4.29. The lowest BCUT2D eigenvalue weighted by molar-refractivity contribution is -0.137. The van der Waals surface area contributed by atoms with Gasteiger partial charge in [-0.25, -0.2) is 0 Å².